The summed E-state index contributed by atoms with van der Waals surface area (Å²) in [5.41, 5.74) is 6.58. The molecule has 1 amide bonds. The average Bonchev–Trinajstić information content (AvgIpc) is 2.84. The first kappa shape index (κ1) is 11.0. The number of nitrogens with one attached hydrogen (secondary N) is 1. The zero-order valence-corrected chi connectivity index (χ0v) is 10.2. The molecule has 0 unspecified atom stereocenters. The van der Waals surface area contributed by atoms with Crippen molar-refractivity contribution in [2.45, 2.75) is 13.5 Å². The molecule has 0 atom stereocenters. The maximum Gasteiger partial charge on any atom is 0.282 e. The molecular weight excluding hydrogens is 244 g/mol. The van der Waals surface area contributed by atoms with E-state index in [1.807, 2.05) is 18.4 Å². The molecule has 0 saturated carbocycles. The first-order valence-electron chi connectivity index (χ1n) is 4.57. The van der Waals surface area contributed by atoms with E-state index >= 15 is 0 Å². The van der Waals surface area contributed by atoms with Gasteiger partial charge in [-0.2, -0.15) is 0 Å². The summed E-state index contributed by atoms with van der Waals surface area (Å²) >= 11 is 2.70. The van der Waals surface area contributed by atoms with Gasteiger partial charge in [-0.3, -0.25) is 4.79 Å². The van der Waals surface area contributed by atoms with Gasteiger partial charge in [0.25, 0.3) is 5.91 Å². The summed E-state index contributed by atoms with van der Waals surface area (Å²) in [4.78, 5) is 12.8. The molecule has 2 aromatic rings. The molecule has 5 nitrogen and oxygen atoms in total. The zero-order valence-electron chi connectivity index (χ0n) is 8.56. The van der Waals surface area contributed by atoms with Gasteiger partial charge >= 0.3 is 0 Å². The monoisotopic (exact) mass is 254 g/mol. The second-order valence-corrected chi connectivity index (χ2v) is 5.16. The number of rotatable bonds is 3. The van der Waals surface area contributed by atoms with Crippen molar-refractivity contribution in [2.24, 2.45) is 0 Å². The van der Waals surface area contributed by atoms with Gasteiger partial charge in [-0.05, 0) is 23.9 Å². The van der Waals surface area contributed by atoms with E-state index in [0.717, 1.165) is 16.2 Å². The topological polar surface area (TPSA) is 80.9 Å². The summed E-state index contributed by atoms with van der Waals surface area (Å²) in [6.07, 6.45) is 0. The summed E-state index contributed by atoms with van der Waals surface area (Å²) in [5.74, 6) is -0.234. The van der Waals surface area contributed by atoms with E-state index < -0.39 is 0 Å². The number of aromatic nitrogens is 2. The largest absolute Gasteiger partial charge is 0.374 e. The molecule has 0 saturated heterocycles. The third kappa shape index (κ3) is 2.37. The van der Waals surface area contributed by atoms with E-state index in [9.17, 15) is 4.79 Å². The predicted molar refractivity (Wildman–Crippen MR) is 64.5 cm³/mol. The highest BCUT2D eigenvalue weighted by Crippen LogP contribution is 2.15. The first-order valence-corrected chi connectivity index (χ1v) is 6.26. The van der Waals surface area contributed by atoms with Crippen LogP contribution in [0, 0.1) is 6.92 Å². The van der Waals surface area contributed by atoms with Crippen LogP contribution < -0.4 is 11.1 Å². The Bertz CT molecular complexity index is 505. The van der Waals surface area contributed by atoms with Crippen molar-refractivity contribution in [3.05, 3.63) is 26.9 Å². The third-order valence-corrected chi connectivity index (χ3v) is 3.79. The van der Waals surface area contributed by atoms with Crippen molar-refractivity contribution in [1.82, 2.24) is 15.5 Å². The van der Waals surface area contributed by atoms with Crippen molar-refractivity contribution < 1.29 is 4.79 Å². The fourth-order valence-electron chi connectivity index (χ4n) is 1.15. The second-order valence-electron chi connectivity index (χ2n) is 3.15. The Labute approximate surface area is 100 Å². The summed E-state index contributed by atoms with van der Waals surface area (Å²) in [6, 6.07) is 2.02. The molecule has 0 spiro atoms. The van der Waals surface area contributed by atoms with E-state index in [2.05, 4.69) is 15.5 Å². The van der Waals surface area contributed by atoms with Crippen LogP contribution in [-0.4, -0.2) is 16.1 Å². The lowest BCUT2D eigenvalue weighted by atomic mass is 10.3. The van der Waals surface area contributed by atoms with Crippen molar-refractivity contribution in [1.29, 1.82) is 0 Å². The summed E-state index contributed by atoms with van der Waals surface area (Å²) in [7, 11) is 0. The maximum absolute atomic E-state index is 11.6. The lowest BCUT2D eigenvalue weighted by molar-refractivity contribution is 0.0950. The van der Waals surface area contributed by atoms with Gasteiger partial charge in [-0.1, -0.05) is 11.3 Å². The number of nitrogens with two attached hydrogens (primary N) is 1. The molecule has 0 aliphatic heterocycles. The Balaban J connectivity index is 1.96. The summed E-state index contributed by atoms with van der Waals surface area (Å²) in [6.45, 7) is 2.53. The maximum atomic E-state index is 11.6. The van der Waals surface area contributed by atoms with Crippen LogP contribution in [0.15, 0.2) is 11.4 Å². The highest BCUT2D eigenvalue weighted by molar-refractivity contribution is 7.16. The minimum atomic E-state index is -0.234. The fourth-order valence-corrected chi connectivity index (χ4v) is 2.52. The van der Waals surface area contributed by atoms with Gasteiger partial charge in [0, 0.05) is 4.88 Å². The van der Waals surface area contributed by atoms with E-state index in [0.29, 0.717) is 16.7 Å². The summed E-state index contributed by atoms with van der Waals surface area (Å²) < 4.78 is 0. The zero-order chi connectivity index (χ0) is 11.5. The predicted octanol–water partition coefficient (Wildman–Crippen LogP) is 1.42. The Hall–Kier alpha value is -1.47. The number of aryl methyl sites for hydroxylation is 1. The standard InChI is InChI=1S/C9H10N4OS2/c1-5-2-3-15-6(5)4-11-7(14)8-12-13-9(10)16-8/h2-3H,4H2,1H3,(H2,10,13)(H,11,14). The molecule has 0 aliphatic rings. The van der Waals surface area contributed by atoms with Crippen LogP contribution in [-0.2, 0) is 6.54 Å². The molecular formula is C9H10N4OS2. The van der Waals surface area contributed by atoms with Crippen molar-refractivity contribution in [2.75, 3.05) is 5.73 Å². The number of nitrogen functional groups attached to an aromatic ring is 1. The number of thiophene rings is 1. The van der Waals surface area contributed by atoms with Crippen molar-refractivity contribution in [3.63, 3.8) is 0 Å². The number of nitrogens with zero attached hydrogens (tertiary/aromatic N) is 2. The molecule has 2 rings (SSSR count). The Kier molecular flexibility index (Phi) is 3.16. The van der Waals surface area contributed by atoms with Gasteiger partial charge in [0.05, 0.1) is 6.54 Å². The molecule has 3 N–H and O–H groups in total. The van der Waals surface area contributed by atoms with E-state index in [1.54, 1.807) is 11.3 Å². The Morgan fingerprint density at radius 1 is 1.56 bits per heavy atom. The molecule has 0 aromatic carbocycles. The van der Waals surface area contributed by atoms with Gasteiger partial charge in [0.2, 0.25) is 10.1 Å². The Morgan fingerprint density at radius 3 is 2.94 bits per heavy atom. The molecule has 0 fully saturated rings. The van der Waals surface area contributed by atoms with E-state index in [4.69, 9.17) is 5.73 Å². The fraction of sp³-hybridized carbons (Fsp3) is 0.222. The smallest absolute Gasteiger partial charge is 0.282 e. The first-order chi connectivity index (χ1) is 7.66. The molecule has 0 bridgehead atoms. The molecule has 7 heteroatoms. The number of carbonyl (C=O) groups is 1. The van der Waals surface area contributed by atoms with Crippen LogP contribution in [0.25, 0.3) is 0 Å². The van der Waals surface area contributed by atoms with Gasteiger partial charge in [-0.15, -0.1) is 21.5 Å². The normalized spacial score (nSPS) is 10.3. The minimum absolute atomic E-state index is 0.234. The van der Waals surface area contributed by atoms with Gasteiger partial charge in [0.15, 0.2) is 0 Å². The van der Waals surface area contributed by atoms with E-state index in [-0.39, 0.29) is 5.91 Å². The summed E-state index contributed by atoms with van der Waals surface area (Å²) in [5, 5.41) is 12.6. The van der Waals surface area contributed by atoms with Crippen LogP contribution in [0.1, 0.15) is 20.2 Å². The third-order valence-electron chi connectivity index (χ3n) is 2.01. The number of amides is 1. The lowest BCUT2D eigenvalue weighted by Crippen LogP contribution is -2.22. The number of hydrogen-bond donors (Lipinski definition) is 2. The lowest BCUT2D eigenvalue weighted by Gasteiger charge is -2.01. The van der Waals surface area contributed by atoms with Crippen LogP contribution >= 0.6 is 22.7 Å². The highest BCUT2D eigenvalue weighted by atomic mass is 32.1. The van der Waals surface area contributed by atoms with Crippen LogP contribution in [0.5, 0.6) is 0 Å². The molecule has 2 aromatic heterocycles. The number of anilines is 1. The quantitative estimate of drug-likeness (QED) is 0.868. The molecule has 0 radical (unpaired) electrons. The van der Waals surface area contributed by atoms with Crippen LogP contribution in [0.2, 0.25) is 0 Å². The van der Waals surface area contributed by atoms with Crippen LogP contribution in [0.3, 0.4) is 0 Å². The molecule has 2 heterocycles. The molecule has 0 aliphatic carbocycles. The van der Waals surface area contributed by atoms with Gasteiger partial charge in [-0.25, -0.2) is 0 Å². The average molecular weight is 254 g/mol. The van der Waals surface area contributed by atoms with Crippen molar-refractivity contribution in [3.8, 4) is 0 Å². The SMILES string of the molecule is Cc1ccsc1CNC(=O)c1nnc(N)s1. The number of hydrogen-bond acceptors (Lipinski definition) is 6. The van der Waals surface area contributed by atoms with Gasteiger partial charge < -0.3 is 11.1 Å². The highest BCUT2D eigenvalue weighted by Gasteiger charge is 2.11. The molecule has 84 valence electrons. The molecule has 16 heavy (non-hydrogen) atoms. The number of carbonyl (C=O) groups excluding carboxylic acids is 1. The minimum Gasteiger partial charge on any atom is -0.374 e. The van der Waals surface area contributed by atoms with Crippen molar-refractivity contribution >= 4 is 33.7 Å². The van der Waals surface area contributed by atoms with Gasteiger partial charge in [0.1, 0.15) is 0 Å². The van der Waals surface area contributed by atoms with Crippen LogP contribution in [0.4, 0.5) is 5.13 Å². The van der Waals surface area contributed by atoms with E-state index in [1.165, 1.54) is 5.56 Å². The Morgan fingerprint density at radius 2 is 2.38 bits per heavy atom. The second kappa shape index (κ2) is 4.58.